The summed E-state index contributed by atoms with van der Waals surface area (Å²) in [5, 5.41) is 23.0. The quantitative estimate of drug-likeness (QED) is 0.622. The van der Waals surface area contributed by atoms with Gasteiger partial charge >= 0.3 is 5.97 Å². The number of hydrogen-bond acceptors (Lipinski definition) is 4. The molecule has 0 aliphatic rings. The lowest BCUT2D eigenvalue weighted by molar-refractivity contribution is -0.386. The maximum Gasteiger partial charge on any atom is 0.310 e. The number of carbonyl (C=O) groups excluding carboxylic acids is 1. The van der Waals surface area contributed by atoms with Gasteiger partial charge in [-0.3, -0.25) is 19.7 Å². The normalized spacial score (nSPS) is 11.7. The smallest absolute Gasteiger partial charge is 0.310 e. The number of benzene rings is 2. The standard InChI is InChI=1S/C19H20N2O5/c1-10-9-11(2)17(21(25)26)13(4)16(10)18(22)20-15-7-5-14(6-8-15)12(3)19(23)24/h5-9,12H,1-4H3,(H,20,22)(H,23,24). The molecular weight excluding hydrogens is 336 g/mol. The number of aliphatic carboxylic acids is 1. The minimum atomic E-state index is -0.931. The van der Waals surface area contributed by atoms with Crippen LogP contribution in [0.15, 0.2) is 30.3 Å². The van der Waals surface area contributed by atoms with E-state index in [0.29, 0.717) is 27.9 Å². The van der Waals surface area contributed by atoms with E-state index in [1.165, 1.54) is 0 Å². The fraction of sp³-hybridized carbons (Fsp3) is 0.263. The van der Waals surface area contributed by atoms with Gasteiger partial charge in [-0.1, -0.05) is 12.1 Å². The zero-order chi connectivity index (χ0) is 19.6. The Hall–Kier alpha value is -3.22. The van der Waals surface area contributed by atoms with Crippen LogP contribution in [0.3, 0.4) is 0 Å². The van der Waals surface area contributed by atoms with Crippen LogP contribution >= 0.6 is 0 Å². The van der Waals surface area contributed by atoms with Crippen molar-refractivity contribution in [1.82, 2.24) is 0 Å². The van der Waals surface area contributed by atoms with Crippen LogP contribution in [0.4, 0.5) is 11.4 Å². The summed E-state index contributed by atoms with van der Waals surface area (Å²) in [6.45, 7) is 6.51. The third-order valence-corrected chi connectivity index (χ3v) is 4.38. The van der Waals surface area contributed by atoms with Crippen LogP contribution in [0.2, 0.25) is 0 Å². The van der Waals surface area contributed by atoms with Crippen LogP contribution in [0.25, 0.3) is 0 Å². The van der Waals surface area contributed by atoms with E-state index < -0.39 is 22.7 Å². The molecule has 2 rings (SSSR count). The molecule has 2 aromatic carbocycles. The summed E-state index contributed by atoms with van der Waals surface area (Å²) in [5.41, 5.74) is 2.79. The van der Waals surface area contributed by atoms with Crippen LogP contribution < -0.4 is 5.32 Å². The summed E-state index contributed by atoms with van der Waals surface area (Å²) in [4.78, 5) is 34.4. The molecule has 0 aliphatic carbocycles. The van der Waals surface area contributed by atoms with Crippen molar-refractivity contribution in [3.05, 3.63) is 68.3 Å². The number of rotatable bonds is 5. The lowest BCUT2D eigenvalue weighted by Gasteiger charge is -2.13. The van der Waals surface area contributed by atoms with E-state index in [9.17, 15) is 19.7 Å². The van der Waals surface area contributed by atoms with Crippen LogP contribution in [0.5, 0.6) is 0 Å². The fourth-order valence-electron chi connectivity index (χ4n) is 3.00. The van der Waals surface area contributed by atoms with E-state index in [2.05, 4.69) is 5.32 Å². The first-order valence-electron chi connectivity index (χ1n) is 8.02. The second-order valence-electron chi connectivity index (χ2n) is 6.25. The van der Waals surface area contributed by atoms with Gasteiger partial charge < -0.3 is 10.4 Å². The predicted octanol–water partition coefficient (Wildman–Crippen LogP) is 3.96. The number of anilines is 1. The Labute approximate surface area is 150 Å². The number of nitro groups is 1. The molecule has 0 radical (unpaired) electrons. The van der Waals surface area contributed by atoms with E-state index >= 15 is 0 Å². The van der Waals surface area contributed by atoms with E-state index in [-0.39, 0.29) is 11.3 Å². The van der Waals surface area contributed by atoms with Gasteiger partial charge in [-0.25, -0.2) is 0 Å². The average Bonchev–Trinajstić information content (AvgIpc) is 2.53. The Morgan fingerprint density at radius 2 is 1.69 bits per heavy atom. The monoisotopic (exact) mass is 356 g/mol. The number of carbonyl (C=O) groups is 2. The van der Waals surface area contributed by atoms with E-state index in [0.717, 1.165) is 0 Å². The molecule has 1 atom stereocenters. The van der Waals surface area contributed by atoms with Crippen LogP contribution in [-0.2, 0) is 4.79 Å². The third kappa shape index (κ3) is 3.72. The first kappa shape index (κ1) is 19.1. The number of nitrogens with one attached hydrogen (secondary N) is 1. The van der Waals surface area contributed by atoms with Gasteiger partial charge in [0, 0.05) is 16.8 Å². The summed E-state index contributed by atoms with van der Waals surface area (Å²) in [6, 6.07) is 8.11. The topological polar surface area (TPSA) is 110 Å². The predicted molar refractivity (Wildman–Crippen MR) is 97.8 cm³/mol. The Balaban J connectivity index is 2.32. The van der Waals surface area contributed by atoms with Gasteiger partial charge in [0.1, 0.15) is 0 Å². The van der Waals surface area contributed by atoms with Gasteiger partial charge in [0.25, 0.3) is 11.6 Å². The molecule has 7 heteroatoms. The molecular formula is C19H20N2O5. The molecule has 0 saturated carbocycles. The van der Waals surface area contributed by atoms with Crippen molar-refractivity contribution in [1.29, 1.82) is 0 Å². The van der Waals surface area contributed by atoms with E-state index in [4.69, 9.17) is 5.11 Å². The highest BCUT2D eigenvalue weighted by Crippen LogP contribution is 2.29. The Morgan fingerprint density at radius 3 is 2.19 bits per heavy atom. The summed E-state index contributed by atoms with van der Waals surface area (Å²) in [5.74, 6) is -2.02. The van der Waals surface area contributed by atoms with E-state index in [1.54, 1.807) is 58.0 Å². The Morgan fingerprint density at radius 1 is 1.12 bits per heavy atom. The van der Waals surface area contributed by atoms with Gasteiger partial charge in [0.05, 0.1) is 16.4 Å². The molecule has 1 amide bonds. The zero-order valence-corrected chi connectivity index (χ0v) is 15.0. The second kappa shape index (κ2) is 7.35. The van der Waals surface area contributed by atoms with Gasteiger partial charge in [-0.2, -0.15) is 0 Å². The van der Waals surface area contributed by atoms with Crippen LogP contribution in [-0.4, -0.2) is 21.9 Å². The molecule has 1 unspecified atom stereocenters. The lowest BCUT2D eigenvalue weighted by Crippen LogP contribution is -2.16. The van der Waals surface area contributed by atoms with Crippen molar-refractivity contribution in [3.8, 4) is 0 Å². The fourth-order valence-corrected chi connectivity index (χ4v) is 3.00. The maximum absolute atomic E-state index is 12.6. The van der Waals surface area contributed by atoms with Crippen molar-refractivity contribution in [3.63, 3.8) is 0 Å². The van der Waals surface area contributed by atoms with Crippen LogP contribution in [0, 0.1) is 30.9 Å². The SMILES string of the molecule is Cc1cc(C)c([N+](=O)[O-])c(C)c1C(=O)Nc1ccc(C(C)C(=O)O)cc1. The van der Waals surface area contributed by atoms with Crippen molar-refractivity contribution in [2.75, 3.05) is 5.32 Å². The summed E-state index contributed by atoms with van der Waals surface area (Å²) < 4.78 is 0. The van der Waals surface area contributed by atoms with E-state index in [1.807, 2.05) is 0 Å². The maximum atomic E-state index is 12.6. The lowest BCUT2D eigenvalue weighted by atomic mass is 9.96. The van der Waals surface area contributed by atoms with Crippen molar-refractivity contribution < 1.29 is 19.6 Å². The van der Waals surface area contributed by atoms with Crippen molar-refractivity contribution in [2.24, 2.45) is 0 Å². The van der Waals surface area contributed by atoms with Crippen molar-refractivity contribution in [2.45, 2.75) is 33.6 Å². The van der Waals surface area contributed by atoms with Gasteiger partial charge in [0.2, 0.25) is 0 Å². The molecule has 0 bridgehead atoms. The number of amides is 1. The third-order valence-electron chi connectivity index (χ3n) is 4.38. The molecule has 0 heterocycles. The number of carboxylic acid groups (broad SMARTS) is 1. The highest BCUT2D eigenvalue weighted by atomic mass is 16.6. The Kier molecular flexibility index (Phi) is 5.40. The molecule has 136 valence electrons. The minimum Gasteiger partial charge on any atom is -0.481 e. The second-order valence-corrected chi connectivity index (χ2v) is 6.25. The summed E-state index contributed by atoms with van der Waals surface area (Å²) >= 11 is 0. The number of carboxylic acids is 1. The highest BCUT2D eigenvalue weighted by molar-refractivity contribution is 6.07. The summed E-state index contributed by atoms with van der Waals surface area (Å²) in [6.07, 6.45) is 0. The number of nitrogens with zero attached hydrogens (tertiary/aromatic N) is 1. The largest absolute Gasteiger partial charge is 0.481 e. The molecule has 0 spiro atoms. The number of nitro benzene ring substituents is 1. The molecule has 2 N–H and O–H groups in total. The first-order chi connectivity index (χ1) is 12.1. The highest BCUT2D eigenvalue weighted by Gasteiger charge is 2.23. The Bertz CT molecular complexity index is 888. The molecule has 26 heavy (non-hydrogen) atoms. The average molecular weight is 356 g/mol. The molecule has 7 nitrogen and oxygen atoms in total. The minimum absolute atomic E-state index is 0.0635. The van der Waals surface area contributed by atoms with Crippen LogP contribution in [0.1, 0.15) is 45.5 Å². The molecule has 0 aliphatic heterocycles. The number of hydrogen-bond donors (Lipinski definition) is 2. The molecule has 0 fully saturated rings. The first-order valence-corrected chi connectivity index (χ1v) is 8.02. The number of aryl methyl sites for hydroxylation is 2. The van der Waals surface area contributed by atoms with Gasteiger partial charge in [0.15, 0.2) is 0 Å². The van der Waals surface area contributed by atoms with Crippen molar-refractivity contribution >= 4 is 23.3 Å². The molecule has 2 aromatic rings. The summed E-state index contributed by atoms with van der Waals surface area (Å²) in [7, 11) is 0. The molecule has 0 saturated heterocycles. The molecule has 0 aromatic heterocycles. The zero-order valence-electron chi connectivity index (χ0n) is 15.0. The van der Waals surface area contributed by atoms with Gasteiger partial charge in [-0.05, 0) is 57.0 Å². The van der Waals surface area contributed by atoms with Gasteiger partial charge in [-0.15, -0.1) is 0 Å².